The second kappa shape index (κ2) is 8.44. The van der Waals surface area contributed by atoms with Crippen LogP contribution in [0.15, 0.2) is 16.8 Å². The summed E-state index contributed by atoms with van der Waals surface area (Å²) in [7, 11) is 0. The van der Waals surface area contributed by atoms with E-state index >= 15 is 0 Å². The Balaban J connectivity index is 3.24. The highest BCUT2D eigenvalue weighted by atomic mass is 16.7. The lowest BCUT2D eigenvalue weighted by Crippen LogP contribution is -2.59. The van der Waals surface area contributed by atoms with Crippen molar-refractivity contribution >= 4 is 17.9 Å². The molecule has 0 spiro atoms. The molecule has 1 rings (SSSR count). The number of carbonyl (C=O) groups excluding carboxylic acids is 1. The van der Waals surface area contributed by atoms with Crippen LogP contribution >= 0.6 is 0 Å². The number of guanidine groups is 1. The Kier molecular flexibility index (Phi) is 6.91. The molecule has 0 saturated carbocycles. The van der Waals surface area contributed by atoms with Crippen molar-refractivity contribution in [3.63, 3.8) is 0 Å². The fourth-order valence-electron chi connectivity index (χ4n) is 2.02. The van der Waals surface area contributed by atoms with E-state index in [-0.39, 0.29) is 0 Å². The Morgan fingerprint density at radius 1 is 1.46 bits per heavy atom. The monoisotopic (exact) mass is 348 g/mol. The summed E-state index contributed by atoms with van der Waals surface area (Å²) in [6, 6.07) is -2.24. The zero-order chi connectivity index (χ0) is 18.4. The first-order chi connectivity index (χ1) is 11.2. The Labute approximate surface area is 136 Å². The lowest BCUT2D eigenvalue weighted by atomic mass is 9.93. The average molecular weight is 348 g/mol. The summed E-state index contributed by atoms with van der Waals surface area (Å²) < 4.78 is 5.13. The number of hydrogen-bond acceptors (Lipinski definition) is 9. The van der Waals surface area contributed by atoms with Gasteiger partial charge >= 0.3 is 11.9 Å². The van der Waals surface area contributed by atoms with Crippen LogP contribution in [0, 0.1) is 0 Å². The Morgan fingerprint density at radius 2 is 2.08 bits per heavy atom. The molecule has 5 atom stereocenters. The van der Waals surface area contributed by atoms with Crippen molar-refractivity contribution in [2.75, 3.05) is 6.61 Å². The smallest absolute Gasteiger partial charge is 0.370 e. The lowest BCUT2D eigenvalue weighted by molar-refractivity contribution is -0.163. The van der Waals surface area contributed by atoms with Crippen molar-refractivity contribution in [3.8, 4) is 0 Å². The molecule has 0 aromatic heterocycles. The summed E-state index contributed by atoms with van der Waals surface area (Å²) in [5.41, 5.74) is 12.8. The van der Waals surface area contributed by atoms with Crippen LogP contribution in [-0.4, -0.2) is 75.3 Å². The summed E-state index contributed by atoms with van der Waals surface area (Å²) in [6.45, 7) is 0.277. The van der Waals surface area contributed by atoms with E-state index in [4.69, 9.17) is 26.4 Å². The molecule has 0 amide bonds. The number of nitrogens with zero attached hydrogens (tertiary/aromatic N) is 1. The molecule has 136 valence electrons. The largest absolute Gasteiger partial charge is 0.479 e. The molecule has 1 aliphatic heterocycles. The van der Waals surface area contributed by atoms with E-state index in [0.29, 0.717) is 0 Å². The molecule has 0 saturated heterocycles. The van der Waals surface area contributed by atoms with Gasteiger partial charge in [-0.05, 0) is 6.08 Å². The summed E-state index contributed by atoms with van der Waals surface area (Å²) in [6.07, 6.45) is -3.79. The van der Waals surface area contributed by atoms with Crippen molar-refractivity contribution in [3.05, 3.63) is 11.8 Å². The molecule has 0 bridgehead atoms. The number of nitrogens with two attached hydrogens (primary N) is 2. The van der Waals surface area contributed by atoms with Crippen LogP contribution in [0.2, 0.25) is 0 Å². The summed E-state index contributed by atoms with van der Waals surface area (Å²) in [4.78, 5) is 30.6. The molecule has 9 N–H and O–H groups in total. The van der Waals surface area contributed by atoms with Crippen LogP contribution in [0.25, 0.3) is 0 Å². The standard InChI is InChI=1S/C12H20N4O8/c1-4(18)24-16-8-5(15-12(13)14)2-7(11(21)22)23-10(8)9(20)6(19)3-17/h2,5-6,8-10,16-17,19-20H,3H2,1H3,(H,21,22)(H4,13,14,15)/t5-,6+,8+,9+,10+/m0/s1. The van der Waals surface area contributed by atoms with Crippen molar-refractivity contribution < 1.29 is 39.6 Å². The average Bonchev–Trinajstić information content (AvgIpc) is 2.50. The van der Waals surface area contributed by atoms with Crippen LogP contribution in [0.4, 0.5) is 0 Å². The van der Waals surface area contributed by atoms with E-state index in [1.807, 2.05) is 0 Å². The molecule has 0 aromatic carbocycles. The molecule has 12 heteroatoms. The predicted octanol–water partition coefficient (Wildman–Crippen LogP) is -3.85. The third-order valence-corrected chi connectivity index (χ3v) is 3.07. The number of nitrogens with one attached hydrogen (secondary N) is 1. The maximum Gasteiger partial charge on any atom is 0.370 e. The Morgan fingerprint density at radius 3 is 2.54 bits per heavy atom. The van der Waals surface area contributed by atoms with Crippen LogP contribution < -0.4 is 16.9 Å². The number of aliphatic hydroxyl groups is 3. The lowest BCUT2D eigenvalue weighted by Gasteiger charge is -2.37. The maximum atomic E-state index is 11.2. The van der Waals surface area contributed by atoms with E-state index in [1.165, 1.54) is 0 Å². The molecule has 1 heterocycles. The number of aliphatic hydroxyl groups excluding tert-OH is 3. The van der Waals surface area contributed by atoms with Crippen LogP contribution in [0.5, 0.6) is 0 Å². The topological polar surface area (TPSA) is 210 Å². The van der Waals surface area contributed by atoms with Crippen LogP contribution in [0.3, 0.4) is 0 Å². The number of aliphatic imine (C=N–C) groups is 1. The van der Waals surface area contributed by atoms with Crippen LogP contribution in [-0.2, 0) is 19.2 Å². The van der Waals surface area contributed by atoms with Gasteiger partial charge < -0.3 is 41.5 Å². The second-order valence-corrected chi connectivity index (χ2v) is 4.94. The van der Waals surface area contributed by atoms with E-state index in [0.717, 1.165) is 13.0 Å². The second-order valence-electron chi connectivity index (χ2n) is 4.94. The SMILES string of the molecule is CC(=O)ON[C@H]1[C@H]([C@H](O)[C@H](O)CO)OC(C(=O)O)=C[C@@H]1N=C(N)N. The van der Waals surface area contributed by atoms with Crippen molar-refractivity contribution in [2.24, 2.45) is 16.5 Å². The highest BCUT2D eigenvalue weighted by Gasteiger charge is 2.44. The van der Waals surface area contributed by atoms with Gasteiger partial charge in [0.15, 0.2) is 5.96 Å². The molecule has 0 radical (unpaired) electrons. The number of rotatable bonds is 7. The molecule has 0 aliphatic carbocycles. The van der Waals surface area contributed by atoms with E-state index in [9.17, 15) is 19.8 Å². The van der Waals surface area contributed by atoms with Gasteiger partial charge in [0.25, 0.3) is 0 Å². The van der Waals surface area contributed by atoms with Crippen molar-refractivity contribution in [1.29, 1.82) is 0 Å². The van der Waals surface area contributed by atoms with Gasteiger partial charge in [0, 0.05) is 6.92 Å². The zero-order valence-corrected chi connectivity index (χ0v) is 12.7. The fourth-order valence-corrected chi connectivity index (χ4v) is 2.02. The molecule has 0 unspecified atom stereocenters. The molecule has 24 heavy (non-hydrogen) atoms. The number of hydroxylamine groups is 1. The number of ether oxygens (including phenoxy) is 1. The quantitative estimate of drug-likeness (QED) is 0.134. The van der Waals surface area contributed by atoms with Crippen LogP contribution in [0.1, 0.15) is 6.92 Å². The maximum absolute atomic E-state index is 11.2. The zero-order valence-electron chi connectivity index (χ0n) is 12.7. The fraction of sp³-hybridized carbons (Fsp3) is 0.583. The first-order valence-corrected chi connectivity index (χ1v) is 6.77. The molecular formula is C12H20N4O8. The van der Waals surface area contributed by atoms with Gasteiger partial charge in [0.05, 0.1) is 12.6 Å². The minimum atomic E-state index is -1.73. The molecule has 0 fully saturated rings. The minimum Gasteiger partial charge on any atom is -0.479 e. The van der Waals surface area contributed by atoms with E-state index in [2.05, 4.69) is 15.3 Å². The first-order valence-electron chi connectivity index (χ1n) is 6.77. The van der Waals surface area contributed by atoms with Gasteiger partial charge in [-0.3, -0.25) is 4.79 Å². The third-order valence-electron chi connectivity index (χ3n) is 3.07. The van der Waals surface area contributed by atoms with Crippen molar-refractivity contribution in [2.45, 2.75) is 37.3 Å². The van der Waals surface area contributed by atoms with Crippen molar-refractivity contribution in [1.82, 2.24) is 5.48 Å². The number of carboxylic acids is 1. The van der Waals surface area contributed by atoms with E-state index < -0.39 is 60.7 Å². The molecular weight excluding hydrogens is 328 g/mol. The number of hydrogen-bond donors (Lipinski definition) is 7. The normalized spacial score (nSPS) is 25.7. The summed E-state index contributed by atoms with van der Waals surface area (Å²) in [5.74, 6) is -3.18. The van der Waals surface area contributed by atoms with Gasteiger partial charge in [-0.25, -0.2) is 9.79 Å². The number of aliphatic carboxylic acids is 1. The summed E-state index contributed by atoms with van der Waals surface area (Å²) in [5, 5.41) is 37.7. The van der Waals surface area contributed by atoms with Gasteiger partial charge in [-0.1, -0.05) is 0 Å². The predicted molar refractivity (Wildman–Crippen MR) is 78.0 cm³/mol. The highest BCUT2D eigenvalue weighted by molar-refractivity contribution is 5.85. The molecule has 0 aromatic rings. The van der Waals surface area contributed by atoms with Gasteiger partial charge in [0.2, 0.25) is 5.76 Å². The molecule has 1 aliphatic rings. The minimum absolute atomic E-state index is 0.395. The third kappa shape index (κ3) is 5.06. The van der Waals surface area contributed by atoms with Gasteiger partial charge in [-0.15, -0.1) is 5.48 Å². The van der Waals surface area contributed by atoms with Gasteiger partial charge in [0.1, 0.15) is 24.4 Å². The van der Waals surface area contributed by atoms with E-state index in [1.54, 1.807) is 0 Å². The number of carbonyl (C=O) groups is 2. The first kappa shape index (κ1) is 19.6. The molecule has 12 nitrogen and oxygen atoms in total. The summed E-state index contributed by atoms with van der Waals surface area (Å²) >= 11 is 0. The Bertz CT molecular complexity index is 533. The van der Waals surface area contributed by atoms with Gasteiger partial charge in [-0.2, -0.15) is 0 Å². The number of carboxylic acid groups (broad SMARTS) is 1. The Hall–Kier alpha value is -2.41. The highest BCUT2D eigenvalue weighted by Crippen LogP contribution is 2.24.